The summed E-state index contributed by atoms with van der Waals surface area (Å²) in [7, 11) is 0. The Hall–Kier alpha value is -3.39. The maximum atomic E-state index is 14.6. The third-order valence-corrected chi connectivity index (χ3v) is 6.64. The lowest BCUT2D eigenvalue weighted by atomic mass is 10.0. The Balaban J connectivity index is 1.20. The highest BCUT2D eigenvalue weighted by molar-refractivity contribution is 6.31. The number of rotatable bonds is 13. The largest absolute Gasteiger partial charge is 0.454 e. The third kappa shape index (κ3) is 8.05. The number of aromatic nitrogens is 1. The van der Waals surface area contributed by atoms with Crippen LogP contribution in [0.3, 0.4) is 0 Å². The van der Waals surface area contributed by atoms with Crippen molar-refractivity contribution in [1.82, 2.24) is 4.98 Å². The van der Waals surface area contributed by atoms with Crippen LogP contribution in [0.4, 0.5) is 19.0 Å². The van der Waals surface area contributed by atoms with Crippen LogP contribution < -0.4 is 10.1 Å². The predicted octanol–water partition coefficient (Wildman–Crippen LogP) is 7.87. The Morgan fingerprint density at radius 2 is 1.68 bits per heavy atom. The van der Waals surface area contributed by atoms with Crippen LogP contribution in [-0.4, -0.2) is 16.7 Å². The average molecular weight is 545 g/mol. The third-order valence-electron chi connectivity index (χ3n) is 6.29. The van der Waals surface area contributed by atoms with Gasteiger partial charge in [0.2, 0.25) is 5.91 Å². The highest BCUT2D eigenvalue weighted by Gasteiger charge is 2.29. The molecule has 1 saturated carbocycles. The Bertz CT molecular complexity index is 1300. The molecule has 5 nitrogen and oxygen atoms in total. The number of ketones is 1. The molecule has 1 heterocycles. The number of carbonyl (C=O) groups is 2. The van der Waals surface area contributed by atoms with Crippen molar-refractivity contribution < 1.29 is 27.5 Å². The number of nitrogens with one attached hydrogen (secondary N) is 1. The van der Waals surface area contributed by atoms with Crippen molar-refractivity contribution in [1.29, 1.82) is 0 Å². The maximum absolute atomic E-state index is 14.6. The minimum atomic E-state index is -2.64. The van der Waals surface area contributed by atoms with E-state index in [9.17, 15) is 22.8 Å². The first-order valence-electron chi connectivity index (χ1n) is 12.6. The monoisotopic (exact) mass is 544 g/mol. The standard InChI is InChI=1S/C29H28ClF3N2O3/c30-24-11-7-18(15-23(24)28(32)33)3-1-5-21(36)6-2-4-19-8-12-26(25(31)16-19)38-22-13-14-34-27(17-22)35-29(37)20-9-10-20/h7-8,11-17,20,28H,1-6,9-10H2,(H,34,35,37). The summed E-state index contributed by atoms with van der Waals surface area (Å²) < 4.78 is 46.2. The summed E-state index contributed by atoms with van der Waals surface area (Å²) in [6.45, 7) is 0. The number of carbonyl (C=O) groups excluding carboxylic acids is 2. The smallest absolute Gasteiger partial charge is 0.265 e. The van der Waals surface area contributed by atoms with Gasteiger partial charge in [-0.3, -0.25) is 9.59 Å². The summed E-state index contributed by atoms with van der Waals surface area (Å²) in [5.41, 5.74) is 1.28. The number of aryl methyl sites for hydroxylation is 2. The minimum absolute atomic E-state index is 0.0384. The number of nitrogens with zero attached hydrogens (tertiary/aromatic N) is 1. The first kappa shape index (κ1) is 27.6. The molecule has 0 radical (unpaired) electrons. The van der Waals surface area contributed by atoms with E-state index in [1.807, 2.05) is 0 Å². The van der Waals surface area contributed by atoms with Gasteiger partial charge in [0.05, 0.1) is 0 Å². The SMILES string of the molecule is O=C(CCCc1ccc(Oc2ccnc(NC(=O)C3CC3)c2)c(F)c1)CCCc1ccc(Cl)c(C(F)F)c1. The molecule has 1 amide bonds. The van der Waals surface area contributed by atoms with Crippen LogP contribution in [0.5, 0.6) is 11.5 Å². The van der Waals surface area contributed by atoms with Crippen LogP contribution in [0.1, 0.15) is 61.6 Å². The number of amides is 1. The van der Waals surface area contributed by atoms with Gasteiger partial charge in [-0.05, 0) is 80.0 Å². The lowest BCUT2D eigenvalue weighted by Crippen LogP contribution is -2.14. The van der Waals surface area contributed by atoms with Crippen LogP contribution in [-0.2, 0) is 22.4 Å². The number of hydrogen-bond acceptors (Lipinski definition) is 4. The lowest BCUT2D eigenvalue weighted by Gasteiger charge is -2.10. The second kappa shape index (κ2) is 12.9. The van der Waals surface area contributed by atoms with Crippen molar-refractivity contribution in [2.45, 2.75) is 57.8 Å². The minimum Gasteiger partial charge on any atom is -0.454 e. The van der Waals surface area contributed by atoms with E-state index in [2.05, 4.69) is 10.3 Å². The van der Waals surface area contributed by atoms with E-state index in [0.29, 0.717) is 50.1 Å². The molecule has 200 valence electrons. The summed E-state index contributed by atoms with van der Waals surface area (Å²) in [5.74, 6) is 0.275. The second-order valence-corrected chi connectivity index (χ2v) is 9.82. The summed E-state index contributed by atoms with van der Waals surface area (Å²) in [4.78, 5) is 28.3. The Morgan fingerprint density at radius 3 is 2.34 bits per heavy atom. The molecular formula is C29H28ClF3N2O3. The Labute approximate surface area is 224 Å². The van der Waals surface area contributed by atoms with Gasteiger partial charge in [0.15, 0.2) is 11.6 Å². The van der Waals surface area contributed by atoms with Gasteiger partial charge in [-0.15, -0.1) is 0 Å². The zero-order chi connectivity index (χ0) is 27.1. The number of ether oxygens (including phenoxy) is 1. The normalized spacial score (nSPS) is 13.0. The molecule has 4 rings (SSSR count). The number of Topliss-reactive ketones (excluding diaryl/α,β-unsaturated/α-hetero) is 1. The van der Waals surface area contributed by atoms with E-state index < -0.39 is 12.2 Å². The second-order valence-electron chi connectivity index (χ2n) is 9.41. The lowest BCUT2D eigenvalue weighted by molar-refractivity contribution is -0.119. The van der Waals surface area contributed by atoms with E-state index in [-0.39, 0.29) is 33.9 Å². The predicted molar refractivity (Wildman–Crippen MR) is 139 cm³/mol. The van der Waals surface area contributed by atoms with Crippen molar-refractivity contribution in [3.63, 3.8) is 0 Å². The van der Waals surface area contributed by atoms with Gasteiger partial charge in [-0.25, -0.2) is 18.2 Å². The zero-order valence-corrected chi connectivity index (χ0v) is 21.4. The van der Waals surface area contributed by atoms with Crippen molar-refractivity contribution in [2.24, 2.45) is 5.92 Å². The molecule has 38 heavy (non-hydrogen) atoms. The fourth-order valence-corrected chi connectivity index (χ4v) is 4.25. The first-order valence-corrected chi connectivity index (χ1v) is 13.0. The van der Waals surface area contributed by atoms with Crippen molar-refractivity contribution in [3.8, 4) is 11.5 Å². The van der Waals surface area contributed by atoms with E-state index in [4.69, 9.17) is 16.3 Å². The fourth-order valence-electron chi connectivity index (χ4n) is 4.05. The number of pyridine rings is 1. The molecular weight excluding hydrogens is 517 g/mol. The molecule has 1 aromatic heterocycles. The quantitative estimate of drug-likeness (QED) is 0.238. The molecule has 0 aliphatic heterocycles. The van der Waals surface area contributed by atoms with Crippen LogP contribution in [0.2, 0.25) is 5.02 Å². The summed E-state index contributed by atoms with van der Waals surface area (Å²) >= 11 is 5.79. The van der Waals surface area contributed by atoms with Gasteiger partial charge in [0.25, 0.3) is 6.43 Å². The highest BCUT2D eigenvalue weighted by atomic mass is 35.5. The molecule has 1 N–H and O–H groups in total. The molecule has 2 aromatic carbocycles. The van der Waals surface area contributed by atoms with Crippen molar-refractivity contribution in [2.75, 3.05) is 5.32 Å². The van der Waals surface area contributed by atoms with Crippen molar-refractivity contribution >= 4 is 29.1 Å². The molecule has 0 bridgehead atoms. The number of hydrogen-bond donors (Lipinski definition) is 1. The van der Waals surface area contributed by atoms with Crippen LogP contribution in [0.15, 0.2) is 54.7 Å². The van der Waals surface area contributed by atoms with Gasteiger partial charge in [-0.1, -0.05) is 23.7 Å². The van der Waals surface area contributed by atoms with E-state index in [1.54, 1.807) is 24.3 Å². The molecule has 0 saturated heterocycles. The molecule has 9 heteroatoms. The van der Waals surface area contributed by atoms with Crippen molar-refractivity contribution in [3.05, 3.63) is 82.3 Å². The van der Waals surface area contributed by atoms with Gasteiger partial charge < -0.3 is 10.1 Å². The average Bonchev–Trinajstić information content (AvgIpc) is 3.73. The van der Waals surface area contributed by atoms with Crippen LogP contribution in [0.25, 0.3) is 0 Å². The van der Waals surface area contributed by atoms with Gasteiger partial charge >= 0.3 is 0 Å². The first-order chi connectivity index (χ1) is 18.3. The van der Waals surface area contributed by atoms with Gasteiger partial charge in [0.1, 0.15) is 17.4 Å². The van der Waals surface area contributed by atoms with Gasteiger partial charge in [-0.2, -0.15) is 0 Å². The fraction of sp³-hybridized carbons (Fsp3) is 0.345. The van der Waals surface area contributed by atoms with E-state index in [0.717, 1.165) is 24.0 Å². The molecule has 0 atom stereocenters. The summed E-state index contributed by atoms with van der Waals surface area (Å²) in [6.07, 6.45) is 3.49. The zero-order valence-electron chi connectivity index (χ0n) is 20.7. The topological polar surface area (TPSA) is 68.3 Å². The number of alkyl halides is 2. The van der Waals surface area contributed by atoms with Crippen LogP contribution >= 0.6 is 11.6 Å². The summed E-state index contributed by atoms with van der Waals surface area (Å²) in [5, 5.41) is 2.77. The van der Waals surface area contributed by atoms with Gasteiger partial charge in [0, 0.05) is 41.6 Å². The Kier molecular flexibility index (Phi) is 9.39. The van der Waals surface area contributed by atoms with Crippen LogP contribution in [0, 0.1) is 11.7 Å². The molecule has 1 aliphatic rings. The Morgan fingerprint density at radius 1 is 1.00 bits per heavy atom. The molecule has 0 unspecified atom stereocenters. The number of anilines is 1. The highest BCUT2D eigenvalue weighted by Crippen LogP contribution is 2.31. The maximum Gasteiger partial charge on any atom is 0.265 e. The number of benzene rings is 2. The van der Waals surface area contributed by atoms with E-state index >= 15 is 0 Å². The summed E-state index contributed by atoms with van der Waals surface area (Å²) in [6, 6.07) is 12.3. The van der Waals surface area contributed by atoms with E-state index in [1.165, 1.54) is 30.5 Å². The molecule has 1 aliphatic carbocycles. The molecule has 3 aromatic rings. The molecule has 1 fully saturated rings. The number of halogens is 4. The molecule has 0 spiro atoms.